The van der Waals surface area contributed by atoms with Gasteiger partial charge in [0, 0.05) is 28.0 Å². The Labute approximate surface area is 150 Å². The van der Waals surface area contributed by atoms with Crippen molar-refractivity contribution in [3.05, 3.63) is 89.1 Å². The first kappa shape index (κ1) is 16.7. The molecule has 5 heteroatoms. The van der Waals surface area contributed by atoms with E-state index in [4.69, 9.17) is 11.6 Å². The Hall–Kier alpha value is -3.11. The number of hydrogen-bond acceptors (Lipinski definition) is 4. The third-order valence-corrected chi connectivity index (χ3v) is 3.76. The van der Waals surface area contributed by atoms with E-state index in [1.165, 1.54) is 6.08 Å². The summed E-state index contributed by atoms with van der Waals surface area (Å²) in [5.74, 6) is 0.699. The van der Waals surface area contributed by atoms with Crippen molar-refractivity contribution in [3.63, 3.8) is 0 Å². The number of nitrogens with one attached hydrogen (secondary N) is 1. The lowest BCUT2D eigenvalue weighted by atomic mass is 10.1. The molecule has 2 aromatic carbocycles. The first-order valence-corrected chi connectivity index (χ1v) is 7.99. The van der Waals surface area contributed by atoms with Crippen molar-refractivity contribution in [2.24, 2.45) is 0 Å². The molecule has 0 bridgehead atoms. The number of benzene rings is 2. The van der Waals surface area contributed by atoms with Crippen LogP contribution in [0.25, 0.3) is 6.08 Å². The van der Waals surface area contributed by atoms with E-state index in [1.807, 2.05) is 6.07 Å². The van der Waals surface area contributed by atoms with Gasteiger partial charge in [-0.3, -0.25) is 4.79 Å². The molecule has 3 aromatic rings. The van der Waals surface area contributed by atoms with Gasteiger partial charge in [-0.1, -0.05) is 11.6 Å². The van der Waals surface area contributed by atoms with Gasteiger partial charge in [0.1, 0.15) is 11.6 Å². The lowest BCUT2D eigenvalue weighted by Gasteiger charge is -2.08. The van der Waals surface area contributed by atoms with Gasteiger partial charge in [-0.05, 0) is 72.8 Å². The number of rotatable bonds is 5. The molecular weight excluding hydrogens is 336 g/mol. The maximum Gasteiger partial charge on any atom is 0.185 e. The molecule has 0 amide bonds. The molecule has 124 valence electrons. The molecule has 1 heterocycles. The Morgan fingerprint density at radius 3 is 2.48 bits per heavy atom. The second kappa shape index (κ2) is 7.64. The molecule has 3 rings (SSSR count). The Morgan fingerprint density at radius 1 is 1.04 bits per heavy atom. The van der Waals surface area contributed by atoms with Crippen molar-refractivity contribution >= 4 is 35.0 Å². The summed E-state index contributed by atoms with van der Waals surface area (Å²) >= 11 is 5.84. The minimum absolute atomic E-state index is 0.115. The lowest BCUT2D eigenvalue weighted by molar-refractivity contribution is 0.104. The fraction of sp³-hybridized carbons (Fsp3) is 0. The van der Waals surface area contributed by atoms with Crippen LogP contribution in [0.4, 0.5) is 11.5 Å². The number of nitrogens with zero attached hydrogens (tertiary/aromatic N) is 1. The molecule has 25 heavy (non-hydrogen) atoms. The van der Waals surface area contributed by atoms with Gasteiger partial charge in [0.2, 0.25) is 0 Å². The predicted octanol–water partition coefficient (Wildman–Crippen LogP) is 5.08. The Bertz CT molecular complexity index is 904. The average Bonchev–Trinajstić information content (AvgIpc) is 2.63. The van der Waals surface area contributed by atoms with E-state index in [9.17, 15) is 9.90 Å². The summed E-state index contributed by atoms with van der Waals surface area (Å²) in [6, 6.07) is 17.1. The summed E-state index contributed by atoms with van der Waals surface area (Å²) in [4.78, 5) is 16.5. The Morgan fingerprint density at radius 2 is 1.76 bits per heavy atom. The topological polar surface area (TPSA) is 62.2 Å². The lowest BCUT2D eigenvalue weighted by Crippen LogP contribution is -1.97. The number of phenolic OH excluding ortho intramolecular Hbond substituents is 1. The zero-order chi connectivity index (χ0) is 17.6. The molecule has 0 unspecified atom stereocenters. The van der Waals surface area contributed by atoms with Gasteiger partial charge in [-0.25, -0.2) is 4.98 Å². The number of anilines is 2. The zero-order valence-electron chi connectivity index (χ0n) is 13.2. The Kier molecular flexibility index (Phi) is 5.11. The maximum absolute atomic E-state index is 12.2. The number of hydrogen-bond donors (Lipinski definition) is 2. The fourth-order valence-electron chi connectivity index (χ4n) is 2.21. The Balaban J connectivity index is 1.79. The summed E-state index contributed by atoms with van der Waals surface area (Å²) < 4.78 is 0. The molecule has 0 aliphatic heterocycles. The van der Waals surface area contributed by atoms with Gasteiger partial charge in [0.05, 0.1) is 0 Å². The second-order valence-corrected chi connectivity index (χ2v) is 5.75. The highest BCUT2D eigenvalue weighted by Gasteiger charge is 2.04. The molecule has 0 atom stereocenters. The summed E-state index contributed by atoms with van der Waals surface area (Å²) in [6.07, 6.45) is 4.88. The van der Waals surface area contributed by atoms with Crippen LogP contribution in [0.15, 0.2) is 72.9 Å². The molecule has 0 radical (unpaired) electrons. The molecule has 4 nitrogen and oxygen atoms in total. The van der Waals surface area contributed by atoms with Crippen LogP contribution in [0.5, 0.6) is 5.75 Å². The minimum atomic E-state index is -0.115. The number of aromatic hydroxyl groups is 1. The quantitative estimate of drug-likeness (QED) is 0.382. The van der Waals surface area contributed by atoms with Crippen LogP contribution in [-0.2, 0) is 0 Å². The highest BCUT2D eigenvalue weighted by atomic mass is 35.5. The van der Waals surface area contributed by atoms with Crippen LogP contribution < -0.4 is 5.32 Å². The first-order valence-electron chi connectivity index (χ1n) is 7.61. The molecule has 0 spiro atoms. The number of ketones is 1. The summed E-state index contributed by atoms with van der Waals surface area (Å²) in [6.45, 7) is 0. The normalized spacial score (nSPS) is 10.8. The standard InChI is InChI=1S/C20H15ClN2O2/c21-16-6-3-14(4-7-16)19(25)12-5-15-2-1-13-22-20(15)23-17-8-10-18(24)11-9-17/h1-13,24H,(H,22,23)/b12-5+. The van der Waals surface area contributed by atoms with E-state index < -0.39 is 0 Å². The number of halogens is 1. The predicted molar refractivity (Wildman–Crippen MR) is 100 cm³/mol. The second-order valence-electron chi connectivity index (χ2n) is 5.32. The van der Waals surface area contributed by atoms with Crippen LogP contribution in [0, 0.1) is 0 Å². The average molecular weight is 351 g/mol. The van der Waals surface area contributed by atoms with Crippen LogP contribution >= 0.6 is 11.6 Å². The highest BCUT2D eigenvalue weighted by Crippen LogP contribution is 2.21. The van der Waals surface area contributed by atoms with E-state index in [-0.39, 0.29) is 11.5 Å². The summed E-state index contributed by atoms with van der Waals surface area (Å²) in [5.41, 5.74) is 2.13. The van der Waals surface area contributed by atoms with Crippen molar-refractivity contribution in [1.82, 2.24) is 4.98 Å². The largest absolute Gasteiger partial charge is 0.508 e. The van der Waals surface area contributed by atoms with Crippen molar-refractivity contribution in [2.45, 2.75) is 0 Å². The molecule has 2 N–H and O–H groups in total. The molecule has 0 aliphatic carbocycles. The maximum atomic E-state index is 12.2. The molecule has 1 aromatic heterocycles. The third kappa shape index (κ3) is 4.46. The third-order valence-electron chi connectivity index (χ3n) is 3.51. The van der Waals surface area contributed by atoms with E-state index in [0.717, 1.165) is 11.3 Å². The number of phenols is 1. The number of carbonyl (C=O) groups is 1. The van der Waals surface area contributed by atoms with Gasteiger partial charge in [-0.15, -0.1) is 0 Å². The van der Waals surface area contributed by atoms with Crippen LogP contribution in [-0.4, -0.2) is 15.9 Å². The van der Waals surface area contributed by atoms with Crippen molar-refractivity contribution < 1.29 is 9.90 Å². The molecular formula is C20H15ClN2O2. The van der Waals surface area contributed by atoms with Gasteiger partial charge in [0.15, 0.2) is 5.78 Å². The van der Waals surface area contributed by atoms with Crippen molar-refractivity contribution in [3.8, 4) is 5.75 Å². The van der Waals surface area contributed by atoms with E-state index in [2.05, 4.69) is 10.3 Å². The van der Waals surface area contributed by atoms with Crippen LogP contribution in [0.1, 0.15) is 15.9 Å². The van der Waals surface area contributed by atoms with Crippen molar-refractivity contribution in [1.29, 1.82) is 0 Å². The summed E-state index contributed by atoms with van der Waals surface area (Å²) in [5, 5.41) is 13.1. The van der Waals surface area contributed by atoms with Gasteiger partial charge >= 0.3 is 0 Å². The van der Waals surface area contributed by atoms with E-state index in [0.29, 0.717) is 16.4 Å². The monoisotopic (exact) mass is 350 g/mol. The van der Waals surface area contributed by atoms with E-state index in [1.54, 1.807) is 66.9 Å². The molecule has 0 aliphatic rings. The number of pyridine rings is 1. The first-order chi connectivity index (χ1) is 12.1. The van der Waals surface area contributed by atoms with Gasteiger partial charge < -0.3 is 10.4 Å². The smallest absolute Gasteiger partial charge is 0.185 e. The molecule has 0 saturated heterocycles. The van der Waals surface area contributed by atoms with Crippen molar-refractivity contribution in [2.75, 3.05) is 5.32 Å². The van der Waals surface area contributed by atoms with E-state index >= 15 is 0 Å². The number of aromatic nitrogens is 1. The minimum Gasteiger partial charge on any atom is -0.508 e. The SMILES string of the molecule is O=C(/C=C/c1cccnc1Nc1ccc(O)cc1)c1ccc(Cl)cc1. The fourth-order valence-corrected chi connectivity index (χ4v) is 2.34. The number of carbonyl (C=O) groups excluding carboxylic acids is 1. The summed E-state index contributed by atoms with van der Waals surface area (Å²) in [7, 11) is 0. The van der Waals surface area contributed by atoms with Crippen LogP contribution in [0.2, 0.25) is 5.02 Å². The number of allylic oxidation sites excluding steroid dienone is 1. The molecule has 0 saturated carbocycles. The highest BCUT2D eigenvalue weighted by molar-refractivity contribution is 6.30. The zero-order valence-corrected chi connectivity index (χ0v) is 13.9. The molecule has 0 fully saturated rings. The van der Waals surface area contributed by atoms with Gasteiger partial charge in [-0.2, -0.15) is 0 Å². The van der Waals surface area contributed by atoms with Crippen LogP contribution in [0.3, 0.4) is 0 Å². The van der Waals surface area contributed by atoms with Gasteiger partial charge in [0.25, 0.3) is 0 Å².